The van der Waals surface area contributed by atoms with Crippen LogP contribution in [0.5, 0.6) is 5.75 Å². The molecule has 114 valence electrons. The van der Waals surface area contributed by atoms with Crippen molar-refractivity contribution >= 4 is 16.9 Å². The minimum Gasteiger partial charge on any atom is -0.423 e. The first-order valence-electron chi connectivity index (χ1n) is 7.06. The molecule has 0 spiro atoms. The molecule has 4 nitrogen and oxygen atoms in total. The van der Waals surface area contributed by atoms with Crippen LogP contribution in [0, 0.1) is 6.92 Å². The van der Waals surface area contributed by atoms with Crippen molar-refractivity contribution in [3.63, 3.8) is 0 Å². The highest BCUT2D eigenvalue weighted by Gasteiger charge is 2.09. The van der Waals surface area contributed by atoms with Crippen molar-refractivity contribution in [3.05, 3.63) is 77.2 Å². The largest absolute Gasteiger partial charge is 0.423 e. The lowest BCUT2D eigenvalue weighted by Gasteiger charge is -2.05. The summed E-state index contributed by atoms with van der Waals surface area (Å²) in [7, 11) is 0. The summed E-state index contributed by atoms with van der Waals surface area (Å²) < 4.78 is 10.4. The van der Waals surface area contributed by atoms with Gasteiger partial charge in [0.05, 0.1) is 5.56 Å². The average molecular weight is 306 g/mol. The van der Waals surface area contributed by atoms with E-state index >= 15 is 0 Å². The Morgan fingerprint density at radius 3 is 2.57 bits per heavy atom. The van der Waals surface area contributed by atoms with Crippen LogP contribution in [0.3, 0.4) is 0 Å². The molecular formula is C19H14O4. The summed E-state index contributed by atoms with van der Waals surface area (Å²) in [5.74, 6) is -0.174. The van der Waals surface area contributed by atoms with Crippen LogP contribution in [0.4, 0.5) is 0 Å². The summed E-state index contributed by atoms with van der Waals surface area (Å²) >= 11 is 0. The second kappa shape index (κ2) is 5.93. The number of carbonyl (C=O) groups excluding carboxylic acids is 1. The van der Waals surface area contributed by atoms with Gasteiger partial charge in [0.2, 0.25) is 0 Å². The Hall–Kier alpha value is -3.14. The number of esters is 1. The Kier molecular flexibility index (Phi) is 3.81. The van der Waals surface area contributed by atoms with Gasteiger partial charge in [0, 0.05) is 11.5 Å². The molecule has 3 rings (SSSR count). The Morgan fingerprint density at radius 2 is 1.87 bits per heavy atom. The molecule has 0 N–H and O–H groups in total. The minimum atomic E-state index is -0.541. The molecule has 0 saturated heterocycles. The number of hydrogen-bond donors (Lipinski definition) is 0. The third-order valence-corrected chi connectivity index (χ3v) is 3.45. The van der Waals surface area contributed by atoms with Crippen molar-refractivity contribution < 1.29 is 13.9 Å². The van der Waals surface area contributed by atoms with E-state index in [1.54, 1.807) is 24.3 Å². The zero-order chi connectivity index (χ0) is 16.4. The number of hydrogen-bond acceptors (Lipinski definition) is 4. The molecule has 0 aliphatic heterocycles. The second-order valence-corrected chi connectivity index (χ2v) is 5.14. The quantitative estimate of drug-likeness (QED) is 0.319. The minimum absolute atomic E-state index is 0.367. The van der Waals surface area contributed by atoms with E-state index in [0.29, 0.717) is 22.3 Å². The maximum Gasteiger partial charge on any atom is 0.344 e. The Labute approximate surface area is 132 Å². The molecule has 4 heteroatoms. The third-order valence-electron chi connectivity index (χ3n) is 3.45. The highest BCUT2D eigenvalue weighted by atomic mass is 16.5. The fourth-order valence-corrected chi connectivity index (χ4v) is 2.26. The van der Waals surface area contributed by atoms with Crippen molar-refractivity contribution in [2.45, 2.75) is 6.92 Å². The van der Waals surface area contributed by atoms with Crippen molar-refractivity contribution in [2.24, 2.45) is 0 Å². The van der Waals surface area contributed by atoms with Crippen molar-refractivity contribution in [2.75, 3.05) is 0 Å². The number of carbonyl (C=O) groups is 1. The second-order valence-electron chi connectivity index (χ2n) is 5.14. The first-order chi connectivity index (χ1) is 11.1. The fraction of sp³-hybridized carbons (Fsp3) is 0.0526. The fourth-order valence-electron chi connectivity index (χ4n) is 2.26. The number of ether oxygens (including phenoxy) is 1. The molecule has 0 radical (unpaired) electrons. The van der Waals surface area contributed by atoms with Crippen LogP contribution in [0.1, 0.15) is 5.56 Å². The highest BCUT2D eigenvalue weighted by molar-refractivity contribution is 5.86. The maximum absolute atomic E-state index is 12.2. The number of benzene rings is 2. The monoisotopic (exact) mass is 306 g/mol. The van der Waals surface area contributed by atoms with E-state index in [0.717, 1.165) is 17.2 Å². The van der Waals surface area contributed by atoms with Gasteiger partial charge in [0.25, 0.3) is 0 Å². The summed E-state index contributed by atoms with van der Waals surface area (Å²) in [6, 6.07) is 14.2. The molecule has 0 bridgehead atoms. The van der Waals surface area contributed by atoms with Gasteiger partial charge >= 0.3 is 11.6 Å². The lowest BCUT2D eigenvalue weighted by Crippen LogP contribution is -2.04. The Balaban J connectivity index is 2.10. The van der Waals surface area contributed by atoms with Gasteiger partial charge in [-0.1, -0.05) is 36.4 Å². The molecule has 1 heterocycles. The van der Waals surface area contributed by atoms with Gasteiger partial charge in [0.1, 0.15) is 11.3 Å². The molecule has 23 heavy (non-hydrogen) atoms. The van der Waals surface area contributed by atoms with Gasteiger partial charge in [-0.3, -0.25) is 0 Å². The summed E-state index contributed by atoms with van der Waals surface area (Å²) in [4.78, 5) is 23.4. The summed E-state index contributed by atoms with van der Waals surface area (Å²) in [6.45, 7) is 5.34. The molecule has 0 saturated carbocycles. The van der Waals surface area contributed by atoms with Crippen molar-refractivity contribution in [1.82, 2.24) is 0 Å². The topological polar surface area (TPSA) is 56.5 Å². The van der Waals surface area contributed by atoms with E-state index in [4.69, 9.17) is 9.15 Å². The normalized spacial score (nSPS) is 10.5. The summed E-state index contributed by atoms with van der Waals surface area (Å²) in [5.41, 5.74) is 2.38. The maximum atomic E-state index is 12.2. The van der Waals surface area contributed by atoms with Gasteiger partial charge in [-0.05, 0) is 36.8 Å². The molecule has 0 aliphatic carbocycles. The van der Waals surface area contributed by atoms with Gasteiger partial charge in [-0.25, -0.2) is 9.59 Å². The van der Waals surface area contributed by atoms with Crippen molar-refractivity contribution in [3.8, 4) is 16.9 Å². The molecule has 1 aromatic heterocycles. The van der Waals surface area contributed by atoms with Crippen molar-refractivity contribution in [1.29, 1.82) is 0 Å². The predicted molar refractivity (Wildman–Crippen MR) is 88.5 cm³/mol. The van der Waals surface area contributed by atoms with E-state index in [1.807, 2.05) is 31.2 Å². The van der Waals surface area contributed by atoms with Gasteiger partial charge in [0.15, 0.2) is 0 Å². The van der Waals surface area contributed by atoms with E-state index in [9.17, 15) is 9.59 Å². The van der Waals surface area contributed by atoms with Crippen LogP contribution in [0.2, 0.25) is 0 Å². The SMILES string of the molecule is C=CC(=O)Oc1ccc2oc(=O)c(-c3ccc(C)cc3)cc2c1. The van der Waals surface area contributed by atoms with Crippen LogP contribution >= 0.6 is 0 Å². The molecule has 0 aliphatic rings. The molecule has 2 aromatic carbocycles. The standard InChI is InChI=1S/C19H14O4/c1-3-18(20)22-15-8-9-17-14(10-15)11-16(19(21)23-17)13-6-4-12(2)5-7-13/h3-11H,1H2,2H3. The first kappa shape index (κ1) is 14.8. The van der Waals surface area contributed by atoms with Crippen LogP contribution in [0.25, 0.3) is 22.1 Å². The van der Waals surface area contributed by atoms with Crippen LogP contribution in [-0.4, -0.2) is 5.97 Å². The first-order valence-corrected chi connectivity index (χ1v) is 7.06. The van der Waals surface area contributed by atoms with Crippen LogP contribution in [0.15, 0.2) is 70.4 Å². The van der Waals surface area contributed by atoms with Gasteiger partial charge in [-0.2, -0.15) is 0 Å². The van der Waals surface area contributed by atoms with E-state index in [-0.39, 0.29) is 0 Å². The highest BCUT2D eigenvalue weighted by Crippen LogP contribution is 2.25. The Morgan fingerprint density at radius 1 is 1.13 bits per heavy atom. The molecule has 0 unspecified atom stereocenters. The lowest BCUT2D eigenvalue weighted by molar-refractivity contribution is -0.128. The number of aryl methyl sites for hydroxylation is 1. The number of rotatable bonds is 3. The van der Waals surface area contributed by atoms with E-state index in [1.165, 1.54) is 0 Å². The number of fused-ring (bicyclic) bond motifs is 1. The zero-order valence-corrected chi connectivity index (χ0v) is 12.5. The molecule has 0 atom stereocenters. The predicted octanol–water partition coefficient (Wildman–Crippen LogP) is 3.86. The molecular weight excluding hydrogens is 292 g/mol. The molecule has 0 amide bonds. The lowest BCUT2D eigenvalue weighted by atomic mass is 10.0. The smallest absolute Gasteiger partial charge is 0.344 e. The van der Waals surface area contributed by atoms with Crippen LogP contribution < -0.4 is 10.4 Å². The van der Waals surface area contributed by atoms with Gasteiger partial charge in [-0.15, -0.1) is 0 Å². The summed E-state index contributed by atoms with van der Waals surface area (Å²) in [6.07, 6.45) is 1.09. The average Bonchev–Trinajstić information content (AvgIpc) is 2.55. The zero-order valence-electron chi connectivity index (χ0n) is 12.5. The third kappa shape index (κ3) is 3.06. The molecule has 3 aromatic rings. The summed E-state index contributed by atoms with van der Waals surface area (Å²) in [5, 5.41) is 0.675. The van der Waals surface area contributed by atoms with E-state index in [2.05, 4.69) is 6.58 Å². The van der Waals surface area contributed by atoms with Gasteiger partial charge < -0.3 is 9.15 Å². The molecule has 0 fully saturated rings. The van der Waals surface area contributed by atoms with E-state index < -0.39 is 11.6 Å². The van der Waals surface area contributed by atoms with Crippen LogP contribution in [-0.2, 0) is 4.79 Å². The Bertz CT molecular complexity index is 949.